The second kappa shape index (κ2) is 133. The summed E-state index contributed by atoms with van der Waals surface area (Å²) in [5, 5.41) is 0. The smallest absolute Gasteiger partial charge is 1.00 e. The van der Waals surface area contributed by atoms with Gasteiger partial charge in [0, 0.05) is 0 Å². The molecule has 0 aliphatic rings. The molecule has 0 rings (SSSR count). The predicted molar refractivity (Wildman–Crippen MR) is 20.5 cm³/mol. The average molecular weight is 415 g/mol. The van der Waals surface area contributed by atoms with Crippen LogP contribution in [0, 0.1) is 0 Å². The molecular weight excluding hydrogens is 407 g/mol. The molecule has 0 unspecified atom stereocenters. The van der Waals surface area contributed by atoms with Gasteiger partial charge >= 0.3 is 21.1 Å². The van der Waals surface area contributed by atoms with Crippen LogP contribution in [0.2, 0.25) is 0 Å². The molecule has 7 heavy (non-hydrogen) atoms. The third-order valence-electron chi connectivity index (χ3n) is 0. The van der Waals surface area contributed by atoms with Crippen molar-refractivity contribution in [3.8, 4) is 0 Å². The molecule has 0 atom stereocenters. The molecule has 0 spiro atoms. The first kappa shape index (κ1) is 38.5. The zero-order chi connectivity index (χ0) is 4.00. The maximum atomic E-state index is 5.75. The van der Waals surface area contributed by atoms with Gasteiger partial charge in [-0.25, -0.2) is 0 Å². The van der Waals surface area contributed by atoms with Crippen LogP contribution in [0.25, 0.3) is 11.5 Å². The van der Waals surface area contributed by atoms with Gasteiger partial charge in [0.2, 0.25) is 0 Å². The van der Waals surface area contributed by atoms with Crippen LogP contribution in [0.15, 0.2) is 0 Å². The van der Waals surface area contributed by atoms with E-state index in [1.54, 1.807) is 0 Å². The second-order valence-electron chi connectivity index (χ2n) is 0. The third-order valence-corrected chi connectivity index (χ3v) is 0. The van der Waals surface area contributed by atoms with E-state index < -0.39 is 0 Å². The Balaban J connectivity index is -0.00000000267. The van der Waals surface area contributed by atoms with E-state index in [4.69, 9.17) is 11.5 Å². The van der Waals surface area contributed by atoms with Crippen molar-refractivity contribution in [2.24, 2.45) is 0 Å². The summed E-state index contributed by atoms with van der Waals surface area (Å²) in [7, 11) is 2.50. The zero-order valence-corrected chi connectivity index (χ0v) is 9.52. The molecule has 0 aliphatic carbocycles. The summed E-state index contributed by atoms with van der Waals surface area (Å²) in [5.74, 6) is 0. The fourth-order valence-corrected chi connectivity index (χ4v) is 0. The Morgan fingerprint density at radius 2 is 0.714 bits per heavy atom. The van der Waals surface area contributed by atoms with Crippen LogP contribution in [0.5, 0.6) is 0 Å². The van der Waals surface area contributed by atoms with Gasteiger partial charge < -0.3 is 45.4 Å². The molecule has 2 N–H and O–H groups in total. The van der Waals surface area contributed by atoms with Crippen LogP contribution < -0.4 is 34.0 Å². The van der Waals surface area contributed by atoms with Crippen LogP contribution in [0.4, 0.5) is 0 Å². The Hall–Kier alpha value is 1.57. The van der Waals surface area contributed by atoms with E-state index in [0.29, 0.717) is 0 Å². The van der Waals surface area contributed by atoms with Crippen LogP contribution >= 0.6 is 0 Å². The van der Waals surface area contributed by atoms with E-state index in [9.17, 15) is 0 Å². The molecule has 0 fully saturated rings. The van der Waals surface area contributed by atoms with Crippen molar-refractivity contribution in [2.45, 2.75) is 0 Å². The van der Waals surface area contributed by atoms with E-state index in [0.717, 1.165) is 0 Å². The Kier molecular flexibility index (Phi) is 731. The number of rotatable bonds is 0. The van der Waals surface area contributed by atoms with Crippen molar-refractivity contribution in [3.05, 3.63) is 11.5 Å². The number of hydrogen-bond acceptors (Lipinski definition) is 0. The molecule has 0 aromatic carbocycles. The van der Waals surface area contributed by atoms with Gasteiger partial charge in [-0.2, -0.15) is 14.1 Å². The van der Waals surface area contributed by atoms with Crippen LogP contribution in [-0.2, 0) is 21.1 Å². The van der Waals surface area contributed by atoms with Crippen LogP contribution in [-0.4, -0.2) is 14.1 Å². The van der Waals surface area contributed by atoms with E-state index in [-0.39, 0.29) is 55.0 Å². The van der Waals surface area contributed by atoms with Gasteiger partial charge in [-0.15, -0.1) is 0 Å². The Bertz CT molecular complexity index is 13.7. The molecule has 0 aromatic rings. The fraction of sp³-hybridized carbons (Fsp3) is 1.00. The van der Waals surface area contributed by atoms with Crippen molar-refractivity contribution < 1.29 is 55.0 Å². The summed E-state index contributed by atoms with van der Waals surface area (Å²) < 4.78 is 0. The van der Waals surface area contributed by atoms with Gasteiger partial charge in [0.05, 0.1) is 0 Å². The first-order valence-corrected chi connectivity index (χ1v) is 1.00. The van der Waals surface area contributed by atoms with Crippen LogP contribution in [0.3, 0.4) is 0 Å². The van der Waals surface area contributed by atoms with Crippen molar-refractivity contribution in [1.82, 2.24) is 0 Å². The van der Waals surface area contributed by atoms with E-state index >= 15 is 0 Å². The van der Waals surface area contributed by atoms with Gasteiger partial charge in [-0.1, -0.05) is 0 Å². The molecule has 0 amide bonds. The Morgan fingerprint density at radius 3 is 0.714 bits per heavy atom. The fourth-order valence-electron chi connectivity index (χ4n) is 0. The molecule has 0 heterocycles. The quantitative estimate of drug-likeness (QED) is 0.383. The minimum Gasteiger partial charge on any atom is -1.00 e. The van der Waals surface area contributed by atoms with Crippen LogP contribution in [0.1, 0.15) is 0 Å². The molecule has 0 aromatic heterocycles. The SMILES string of the molecule is C[NH-].C[NH-].[Br-].[Br-].[Pt+4]. The molecular formula is C2H8Br2N2Pt. The van der Waals surface area contributed by atoms with Crippen molar-refractivity contribution in [2.75, 3.05) is 14.1 Å². The Labute approximate surface area is 80.2 Å². The molecule has 0 saturated carbocycles. The zero-order valence-electron chi connectivity index (χ0n) is 4.07. The van der Waals surface area contributed by atoms with Crippen molar-refractivity contribution in [1.29, 1.82) is 0 Å². The van der Waals surface area contributed by atoms with Gasteiger partial charge in [0.15, 0.2) is 0 Å². The minimum absolute atomic E-state index is 0. The summed E-state index contributed by atoms with van der Waals surface area (Å²) in [6, 6.07) is 0. The van der Waals surface area contributed by atoms with Crippen molar-refractivity contribution in [3.63, 3.8) is 0 Å². The van der Waals surface area contributed by atoms with Gasteiger partial charge in [-0.05, 0) is 0 Å². The van der Waals surface area contributed by atoms with Crippen molar-refractivity contribution >= 4 is 0 Å². The summed E-state index contributed by atoms with van der Waals surface area (Å²) in [5.41, 5.74) is 11.5. The predicted octanol–water partition coefficient (Wildman–Crippen LogP) is -4.66. The monoisotopic (exact) mass is 413 g/mol. The second-order valence-corrected chi connectivity index (χ2v) is 0. The maximum absolute atomic E-state index is 5.75. The average Bonchev–Trinajstić information content (AvgIpc) is 1.50. The standard InChI is InChI=1S/2CH4N.2BrH.Pt/c2*1-2;;;/h2*2H,1H3;2*1H;/q2*-1;;;+4/p-2. The van der Waals surface area contributed by atoms with Gasteiger partial charge in [-0.3, -0.25) is 0 Å². The summed E-state index contributed by atoms with van der Waals surface area (Å²) in [4.78, 5) is 0. The Morgan fingerprint density at radius 1 is 0.714 bits per heavy atom. The van der Waals surface area contributed by atoms with E-state index in [1.165, 1.54) is 14.1 Å². The summed E-state index contributed by atoms with van der Waals surface area (Å²) in [6.07, 6.45) is 0. The van der Waals surface area contributed by atoms with E-state index in [2.05, 4.69) is 0 Å². The van der Waals surface area contributed by atoms with Gasteiger partial charge in [0.1, 0.15) is 0 Å². The molecule has 0 bridgehead atoms. The molecule has 0 saturated heterocycles. The molecule has 0 aliphatic heterocycles. The topological polar surface area (TPSA) is 47.6 Å². The number of nitrogens with one attached hydrogen (secondary N) is 2. The maximum Gasteiger partial charge on any atom is 4.00 e. The first-order chi connectivity index (χ1) is 2.00. The normalized spacial score (nSPS) is 1.71. The van der Waals surface area contributed by atoms with E-state index in [1.807, 2.05) is 0 Å². The third kappa shape index (κ3) is 95.4. The molecule has 5 heteroatoms. The molecule has 2 nitrogen and oxygen atoms in total. The number of hydrogen-bond donors (Lipinski definition) is 0. The first-order valence-electron chi connectivity index (χ1n) is 1.00. The summed E-state index contributed by atoms with van der Waals surface area (Å²) >= 11 is 0. The molecule has 50 valence electrons. The molecule has 0 radical (unpaired) electrons. The minimum atomic E-state index is 0. The largest absolute Gasteiger partial charge is 4.00 e. The van der Waals surface area contributed by atoms with Gasteiger partial charge in [0.25, 0.3) is 0 Å². The number of halogens is 2. The summed E-state index contributed by atoms with van der Waals surface area (Å²) in [6.45, 7) is 0.